The number of anilines is 1. The normalized spacial score (nSPS) is 11.5. The van der Waals surface area contributed by atoms with Crippen LogP contribution in [0.1, 0.15) is 0 Å². The molecule has 2 aromatic heterocycles. The van der Waals surface area contributed by atoms with Crippen molar-refractivity contribution in [2.45, 2.75) is 4.90 Å². The molecule has 0 saturated heterocycles. The Morgan fingerprint density at radius 2 is 1.64 bits per heavy atom. The van der Waals surface area contributed by atoms with Gasteiger partial charge in [-0.25, -0.2) is 18.1 Å². The Hall–Kier alpha value is -3.19. The second-order valence-corrected chi connectivity index (χ2v) is 7.07. The van der Waals surface area contributed by atoms with E-state index in [-0.39, 0.29) is 10.8 Å². The first kappa shape index (κ1) is 15.3. The van der Waals surface area contributed by atoms with Gasteiger partial charge in [-0.2, -0.15) is 0 Å². The van der Waals surface area contributed by atoms with Crippen LogP contribution in [0.3, 0.4) is 0 Å². The standard InChI is InChI=1S/C18H14N4O2S/c23-25(24,15-9-6-12-19-13-15)21-18-20-16-10-4-5-11-17(16)22(18)14-7-2-1-3-8-14/h1-13H,(H,20,21). The van der Waals surface area contributed by atoms with E-state index in [1.165, 1.54) is 18.5 Å². The van der Waals surface area contributed by atoms with Crippen LogP contribution >= 0.6 is 0 Å². The van der Waals surface area contributed by atoms with Crippen LogP contribution in [-0.4, -0.2) is 23.0 Å². The molecule has 0 saturated carbocycles. The minimum Gasteiger partial charge on any atom is -0.278 e. The highest BCUT2D eigenvalue weighted by atomic mass is 32.2. The number of fused-ring (bicyclic) bond motifs is 1. The Labute approximate surface area is 144 Å². The van der Waals surface area contributed by atoms with E-state index < -0.39 is 10.0 Å². The molecule has 1 N–H and O–H groups in total. The van der Waals surface area contributed by atoms with Crippen LogP contribution in [-0.2, 0) is 10.0 Å². The first-order chi connectivity index (χ1) is 12.1. The third-order valence-electron chi connectivity index (χ3n) is 3.75. The van der Waals surface area contributed by atoms with Gasteiger partial charge in [0.2, 0.25) is 5.95 Å². The highest BCUT2D eigenvalue weighted by Crippen LogP contribution is 2.26. The Morgan fingerprint density at radius 3 is 2.40 bits per heavy atom. The molecule has 0 aliphatic rings. The maximum Gasteiger partial charge on any atom is 0.265 e. The molecule has 0 unspecified atom stereocenters. The number of hydrogen-bond donors (Lipinski definition) is 1. The number of rotatable bonds is 4. The van der Waals surface area contributed by atoms with Crippen molar-refractivity contribution in [1.82, 2.24) is 14.5 Å². The average molecular weight is 350 g/mol. The molecule has 0 bridgehead atoms. The summed E-state index contributed by atoms with van der Waals surface area (Å²) in [4.78, 5) is 8.41. The SMILES string of the molecule is O=S(=O)(Nc1nc2ccccc2n1-c1ccccc1)c1cccnc1. The van der Waals surface area contributed by atoms with E-state index in [0.717, 1.165) is 11.2 Å². The minimum atomic E-state index is -3.79. The number of hydrogen-bond acceptors (Lipinski definition) is 4. The lowest BCUT2D eigenvalue weighted by Gasteiger charge is -2.11. The van der Waals surface area contributed by atoms with Gasteiger partial charge in [0, 0.05) is 18.1 Å². The highest BCUT2D eigenvalue weighted by Gasteiger charge is 2.20. The number of benzene rings is 2. The fraction of sp³-hybridized carbons (Fsp3) is 0. The Bertz CT molecular complexity index is 1120. The van der Waals surface area contributed by atoms with E-state index in [9.17, 15) is 8.42 Å². The zero-order valence-electron chi connectivity index (χ0n) is 13.1. The molecule has 0 fully saturated rings. The van der Waals surface area contributed by atoms with Gasteiger partial charge in [0.25, 0.3) is 10.0 Å². The average Bonchev–Trinajstić information content (AvgIpc) is 3.00. The molecule has 2 heterocycles. The van der Waals surface area contributed by atoms with Crippen molar-refractivity contribution in [3.8, 4) is 5.69 Å². The van der Waals surface area contributed by atoms with Gasteiger partial charge >= 0.3 is 0 Å². The Kier molecular flexibility index (Phi) is 3.70. The van der Waals surface area contributed by atoms with Crippen molar-refractivity contribution < 1.29 is 8.42 Å². The molecular weight excluding hydrogens is 336 g/mol. The topological polar surface area (TPSA) is 76.9 Å². The third-order valence-corrected chi connectivity index (χ3v) is 5.06. The van der Waals surface area contributed by atoms with Gasteiger partial charge in [0.1, 0.15) is 4.90 Å². The molecule has 4 rings (SSSR count). The number of sulfonamides is 1. The molecule has 25 heavy (non-hydrogen) atoms. The minimum absolute atomic E-state index is 0.0849. The molecule has 0 aliphatic heterocycles. The van der Waals surface area contributed by atoms with Crippen LogP contribution in [0.25, 0.3) is 16.7 Å². The van der Waals surface area contributed by atoms with Gasteiger partial charge in [0.05, 0.1) is 11.0 Å². The van der Waals surface area contributed by atoms with Crippen molar-refractivity contribution >= 4 is 27.0 Å². The van der Waals surface area contributed by atoms with Gasteiger partial charge in [-0.3, -0.25) is 9.55 Å². The van der Waals surface area contributed by atoms with Crippen molar-refractivity contribution in [2.24, 2.45) is 0 Å². The largest absolute Gasteiger partial charge is 0.278 e. The second-order valence-electron chi connectivity index (χ2n) is 5.39. The van der Waals surface area contributed by atoms with Gasteiger partial charge < -0.3 is 0 Å². The fourth-order valence-electron chi connectivity index (χ4n) is 2.62. The Balaban J connectivity index is 1.88. The van der Waals surface area contributed by atoms with E-state index in [4.69, 9.17) is 0 Å². The molecule has 0 radical (unpaired) electrons. The monoisotopic (exact) mass is 350 g/mol. The van der Waals surface area contributed by atoms with Crippen LogP contribution in [0.4, 0.5) is 5.95 Å². The number of aromatic nitrogens is 3. The summed E-state index contributed by atoms with van der Waals surface area (Å²) in [7, 11) is -3.79. The van der Waals surface area contributed by atoms with Crippen LogP contribution < -0.4 is 4.72 Å². The van der Waals surface area contributed by atoms with Gasteiger partial charge in [-0.1, -0.05) is 30.3 Å². The van der Waals surface area contributed by atoms with Crippen LogP contribution in [0.15, 0.2) is 84.0 Å². The van der Waals surface area contributed by atoms with Gasteiger partial charge in [0.15, 0.2) is 0 Å². The second kappa shape index (κ2) is 6.03. The van der Waals surface area contributed by atoms with E-state index in [0.29, 0.717) is 5.52 Å². The molecule has 4 aromatic rings. The number of pyridine rings is 1. The summed E-state index contributed by atoms with van der Waals surface area (Å²) in [6.07, 6.45) is 2.83. The van der Waals surface area contributed by atoms with Crippen molar-refractivity contribution in [2.75, 3.05) is 4.72 Å². The summed E-state index contributed by atoms with van der Waals surface area (Å²) in [6, 6.07) is 20.1. The number of para-hydroxylation sites is 3. The van der Waals surface area contributed by atoms with Crippen LogP contribution in [0.2, 0.25) is 0 Å². The zero-order chi connectivity index (χ0) is 17.3. The molecule has 7 heteroatoms. The molecule has 2 aromatic carbocycles. The lowest BCUT2D eigenvalue weighted by atomic mass is 10.3. The van der Waals surface area contributed by atoms with E-state index >= 15 is 0 Å². The summed E-state index contributed by atoms with van der Waals surface area (Å²) < 4.78 is 29.7. The van der Waals surface area contributed by atoms with Crippen molar-refractivity contribution in [3.05, 3.63) is 79.1 Å². The zero-order valence-corrected chi connectivity index (χ0v) is 13.9. The lowest BCUT2D eigenvalue weighted by Crippen LogP contribution is -2.16. The molecule has 0 aliphatic carbocycles. The summed E-state index contributed by atoms with van der Waals surface area (Å²) in [6.45, 7) is 0. The molecule has 0 spiro atoms. The van der Waals surface area contributed by atoms with E-state index in [1.54, 1.807) is 10.6 Å². The third kappa shape index (κ3) is 2.85. The highest BCUT2D eigenvalue weighted by molar-refractivity contribution is 7.92. The summed E-state index contributed by atoms with van der Waals surface area (Å²) >= 11 is 0. The van der Waals surface area contributed by atoms with Gasteiger partial charge in [-0.05, 0) is 36.4 Å². The number of imidazole rings is 1. The van der Waals surface area contributed by atoms with Crippen LogP contribution in [0, 0.1) is 0 Å². The van der Waals surface area contributed by atoms with Crippen LogP contribution in [0.5, 0.6) is 0 Å². The maximum absolute atomic E-state index is 12.7. The predicted octanol–water partition coefficient (Wildman–Crippen LogP) is 3.22. The van der Waals surface area contributed by atoms with E-state index in [2.05, 4.69) is 14.7 Å². The number of nitrogens with one attached hydrogen (secondary N) is 1. The first-order valence-corrected chi connectivity index (χ1v) is 9.09. The molecule has 0 amide bonds. The predicted molar refractivity (Wildman–Crippen MR) is 96.1 cm³/mol. The number of nitrogens with zero attached hydrogens (tertiary/aromatic N) is 3. The maximum atomic E-state index is 12.7. The fourth-order valence-corrected chi connectivity index (χ4v) is 3.57. The first-order valence-electron chi connectivity index (χ1n) is 7.61. The summed E-state index contributed by atoms with van der Waals surface area (Å²) in [5.74, 6) is 0.233. The smallest absolute Gasteiger partial charge is 0.265 e. The Morgan fingerprint density at radius 1 is 0.880 bits per heavy atom. The molecular formula is C18H14N4O2S. The van der Waals surface area contributed by atoms with E-state index in [1.807, 2.05) is 54.6 Å². The summed E-state index contributed by atoms with van der Waals surface area (Å²) in [5, 5.41) is 0. The molecule has 0 atom stereocenters. The van der Waals surface area contributed by atoms with Gasteiger partial charge in [-0.15, -0.1) is 0 Å². The molecule has 124 valence electrons. The quantitative estimate of drug-likeness (QED) is 0.613. The lowest BCUT2D eigenvalue weighted by molar-refractivity contribution is 0.600. The van der Waals surface area contributed by atoms with Crippen molar-refractivity contribution in [1.29, 1.82) is 0 Å². The van der Waals surface area contributed by atoms with Crippen molar-refractivity contribution in [3.63, 3.8) is 0 Å². The summed E-state index contributed by atoms with van der Waals surface area (Å²) in [5.41, 5.74) is 2.34. The molecule has 6 nitrogen and oxygen atoms in total.